The van der Waals surface area contributed by atoms with Crippen molar-refractivity contribution in [1.82, 2.24) is 0 Å². The average Bonchev–Trinajstić information content (AvgIpc) is 2.55. The SMILES string of the molecule is NCC(O)C(=O)OC1CCOC1. The number of hydrogen-bond acceptors (Lipinski definition) is 5. The quantitative estimate of drug-likeness (QED) is 0.518. The molecule has 5 heteroatoms. The minimum atomic E-state index is -1.20. The molecule has 0 radical (unpaired) electrons. The number of aliphatic hydroxyl groups excluding tert-OH is 1. The smallest absolute Gasteiger partial charge is 0.336 e. The molecule has 0 bridgehead atoms. The van der Waals surface area contributed by atoms with E-state index in [-0.39, 0.29) is 12.6 Å². The van der Waals surface area contributed by atoms with E-state index in [0.717, 1.165) is 0 Å². The van der Waals surface area contributed by atoms with Gasteiger partial charge in [-0.25, -0.2) is 4.79 Å². The molecule has 1 heterocycles. The fourth-order valence-electron chi connectivity index (χ4n) is 0.945. The number of nitrogens with two attached hydrogens (primary N) is 1. The van der Waals surface area contributed by atoms with Crippen LogP contribution in [0.25, 0.3) is 0 Å². The summed E-state index contributed by atoms with van der Waals surface area (Å²) in [4.78, 5) is 10.9. The summed E-state index contributed by atoms with van der Waals surface area (Å²) in [6.45, 7) is 0.923. The Morgan fingerprint density at radius 1 is 1.83 bits per heavy atom. The summed E-state index contributed by atoms with van der Waals surface area (Å²) < 4.78 is 9.85. The molecule has 1 aliphatic heterocycles. The number of esters is 1. The van der Waals surface area contributed by atoms with Gasteiger partial charge in [-0.1, -0.05) is 0 Å². The van der Waals surface area contributed by atoms with Crippen molar-refractivity contribution in [1.29, 1.82) is 0 Å². The molecule has 0 aromatic carbocycles. The second-order valence-electron chi connectivity index (χ2n) is 2.67. The summed E-state index contributed by atoms with van der Waals surface area (Å²) in [5.41, 5.74) is 5.07. The number of carbonyl (C=O) groups excluding carboxylic acids is 1. The van der Waals surface area contributed by atoms with Crippen molar-refractivity contribution in [2.75, 3.05) is 19.8 Å². The van der Waals surface area contributed by atoms with Gasteiger partial charge in [0.25, 0.3) is 0 Å². The van der Waals surface area contributed by atoms with Gasteiger partial charge in [0.15, 0.2) is 6.10 Å². The van der Waals surface area contributed by atoms with Gasteiger partial charge in [-0.2, -0.15) is 0 Å². The Balaban J connectivity index is 2.25. The molecule has 0 aliphatic carbocycles. The van der Waals surface area contributed by atoms with Crippen LogP contribution in [0.4, 0.5) is 0 Å². The number of aliphatic hydroxyl groups is 1. The van der Waals surface area contributed by atoms with E-state index in [9.17, 15) is 4.79 Å². The maximum atomic E-state index is 10.9. The Hall–Kier alpha value is -0.650. The van der Waals surface area contributed by atoms with E-state index in [1.807, 2.05) is 0 Å². The highest BCUT2D eigenvalue weighted by Crippen LogP contribution is 2.08. The third-order valence-electron chi connectivity index (χ3n) is 1.67. The zero-order valence-corrected chi connectivity index (χ0v) is 6.73. The van der Waals surface area contributed by atoms with E-state index in [0.29, 0.717) is 19.6 Å². The Bertz CT molecular complexity index is 155. The van der Waals surface area contributed by atoms with Gasteiger partial charge >= 0.3 is 5.97 Å². The minimum Gasteiger partial charge on any atom is -0.458 e. The average molecular weight is 175 g/mol. The summed E-state index contributed by atoms with van der Waals surface area (Å²) in [7, 11) is 0. The lowest BCUT2D eigenvalue weighted by molar-refractivity contribution is -0.158. The third-order valence-corrected chi connectivity index (χ3v) is 1.67. The summed E-state index contributed by atoms with van der Waals surface area (Å²) in [5, 5.41) is 8.95. The number of carbonyl (C=O) groups is 1. The standard InChI is InChI=1S/C7H13NO4/c8-3-6(9)7(10)12-5-1-2-11-4-5/h5-6,9H,1-4,8H2. The zero-order valence-electron chi connectivity index (χ0n) is 6.73. The molecule has 0 spiro atoms. The van der Waals surface area contributed by atoms with Crippen molar-refractivity contribution >= 4 is 5.97 Å². The van der Waals surface area contributed by atoms with Gasteiger partial charge in [0, 0.05) is 13.0 Å². The first-order valence-electron chi connectivity index (χ1n) is 3.90. The monoisotopic (exact) mass is 175 g/mol. The molecule has 3 N–H and O–H groups in total. The molecule has 2 unspecified atom stereocenters. The molecule has 70 valence electrons. The Morgan fingerprint density at radius 3 is 3.08 bits per heavy atom. The van der Waals surface area contributed by atoms with Crippen molar-refractivity contribution in [2.24, 2.45) is 5.73 Å². The highest BCUT2D eigenvalue weighted by molar-refractivity contribution is 5.74. The summed E-state index contributed by atoms with van der Waals surface area (Å²) in [6.07, 6.45) is -0.715. The molecule has 0 aromatic rings. The van der Waals surface area contributed by atoms with Crippen molar-refractivity contribution in [3.63, 3.8) is 0 Å². The second-order valence-corrected chi connectivity index (χ2v) is 2.67. The van der Waals surface area contributed by atoms with Gasteiger partial charge in [-0.3, -0.25) is 0 Å². The van der Waals surface area contributed by atoms with Crippen LogP contribution in [0, 0.1) is 0 Å². The van der Waals surface area contributed by atoms with Gasteiger partial charge in [0.2, 0.25) is 0 Å². The summed E-state index contributed by atoms with van der Waals surface area (Å²) in [5.74, 6) is -0.659. The van der Waals surface area contributed by atoms with Crippen LogP contribution in [-0.2, 0) is 14.3 Å². The molecule has 1 fully saturated rings. The van der Waals surface area contributed by atoms with Gasteiger partial charge in [-0.05, 0) is 0 Å². The maximum Gasteiger partial charge on any atom is 0.336 e. The zero-order chi connectivity index (χ0) is 8.97. The van der Waals surface area contributed by atoms with Crippen LogP contribution < -0.4 is 5.73 Å². The molecule has 2 atom stereocenters. The molecule has 0 amide bonds. The highest BCUT2D eigenvalue weighted by atomic mass is 16.6. The van der Waals surface area contributed by atoms with E-state index < -0.39 is 12.1 Å². The first-order chi connectivity index (χ1) is 5.74. The van der Waals surface area contributed by atoms with Gasteiger partial charge in [-0.15, -0.1) is 0 Å². The molecule has 0 aromatic heterocycles. The summed E-state index contributed by atoms with van der Waals surface area (Å²) in [6, 6.07) is 0. The molecule has 5 nitrogen and oxygen atoms in total. The number of hydrogen-bond donors (Lipinski definition) is 2. The summed E-state index contributed by atoms with van der Waals surface area (Å²) >= 11 is 0. The van der Waals surface area contributed by atoms with Crippen molar-refractivity contribution in [2.45, 2.75) is 18.6 Å². The lowest BCUT2D eigenvalue weighted by Gasteiger charge is -2.12. The predicted octanol–water partition coefficient (Wildman–Crippen LogP) is -1.36. The first kappa shape index (κ1) is 9.44. The Morgan fingerprint density at radius 2 is 2.58 bits per heavy atom. The van der Waals surface area contributed by atoms with Crippen LogP contribution in [0.3, 0.4) is 0 Å². The van der Waals surface area contributed by atoms with Crippen LogP contribution in [0.5, 0.6) is 0 Å². The molecule has 1 aliphatic rings. The van der Waals surface area contributed by atoms with Gasteiger partial charge < -0.3 is 20.3 Å². The van der Waals surface area contributed by atoms with Crippen LogP contribution in [0.15, 0.2) is 0 Å². The third kappa shape index (κ3) is 2.44. The predicted molar refractivity (Wildman–Crippen MR) is 40.4 cm³/mol. The van der Waals surface area contributed by atoms with E-state index in [1.54, 1.807) is 0 Å². The Kier molecular flexibility index (Phi) is 3.46. The highest BCUT2D eigenvalue weighted by Gasteiger charge is 2.23. The minimum absolute atomic E-state index is 0.105. The molecule has 12 heavy (non-hydrogen) atoms. The van der Waals surface area contributed by atoms with Crippen molar-refractivity contribution in [3.8, 4) is 0 Å². The molecule has 1 saturated heterocycles. The van der Waals surface area contributed by atoms with Crippen LogP contribution >= 0.6 is 0 Å². The van der Waals surface area contributed by atoms with E-state index in [1.165, 1.54) is 0 Å². The lowest BCUT2D eigenvalue weighted by Crippen LogP contribution is -2.33. The van der Waals surface area contributed by atoms with Crippen molar-refractivity contribution in [3.05, 3.63) is 0 Å². The number of ether oxygens (including phenoxy) is 2. The first-order valence-corrected chi connectivity index (χ1v) is 3.90. The van der Waals surface area contributed by atoms with Gasteiger partial charge in [0.05, 0.1) is 13.2 Å². The van der Waals surface area contributed by atoms with Crippen LogP contribution in [0.2, 0.25) is 0 Å². The second kappa shape index (κ2) is 4.39. The van der Waals surface area contributed by atoms with E-state index >= 15 is 0 Å². The Labute approximate surface area is 70.4 Å². The van der Waals surface area contributed by atoms with Gasteiger partial charge in [0.1, 0.15) is 6.10 Å². The fourth-order valence-corrected chi connectivity index (χ4v) is 0.945. The number of rotatable bonds is 3. The van der Waals surface area contributed by atoms with Crippen molar-refractivity contribution < 1.29 is 19.4 Å². The largest absolute Gasteiger partial charge is 0.458 e. The van der Waals surface area contributed by atoms with Crippen LogP contribution in [-0.4, -0.2) is 43.0 Å². The van der Waals surface area contributed by atoms with E-state index in [2.05, 4.69) is 0 Å². The normalized spacial score (nSPS) is 25.3. The lowest BCUT2D eigenvalue weighted by atomic mass is 10.3. The molecular formula is C7H13NO4. The topological polar surface area (TPSA) is 81.8 Å². The molecular weight excluding hydrogens is 162 g/mol. The van der Waals surface area contributed by atoms with Crippen LogP contribution in [0.1, 0.15) is 6.42 Å². The maximum absolute atomic E-state index is 10.9. The van der Waals surface area contributed by atoms with E-state index in [4.69, 9.17) is 20.3 Å². The molecule has 0 saturated carbocycles. The fraction of sp³-hybridized carbons (Fsp3) is 0.857. The molecule has 1 rings (SSSR count).